The average Bonchev–Trinajstić information content (AvgIpc) is 3.10. The number of rotatable bonds is 4. The molecule has 0 saturated carbocycles. The monoisotopic (exact) mass is 415 g/mol. The molecule has 1 aliphatic heterocycles. The summed E-state index contributed by atoms with van der Waals surface area (Å²) in [5.41, 5.74) is 0.800. The van der Waals surface area contributed by atoms with Crippen LogP contribution in [-0.4, -0.2) is 36.8 Å². The highest BCUT2D eigenvalue weighted by Crippen LogP contribution is 2.43. The van der Waals surface area contributed by atoms with Gasteiger partial charge in [-0.3, -0.25) is 0 Å². The Morgan fingerprint density at radius 2 is 1.59 bits per heavy atom. The molecule has 2 aromatic carbocycles. The second-order valence-electron chi connectivity index (χ2n) is 8.26. The molecule has 0 amide bonds. The number of nitrogens with zero attached hydrogens (tertiary/aromatic N) is 1. The van der Waals surface area contributed by atoms with Gasteiger partial charge in [0.25, 0.3) is 10.0 Å². The van der Waals surface area contributed by atoms with E-state index in [1.807, 2.05) is 26.0 Å². The predicted molar refractivity (Wildman–Crippen MR) is 110 cm³/mol. The summed E-state index contributed by atoms with van der Waals surface area (Å²) in [7, 11) is -3.83. The van der Waals surface area contributed by atoms with Crippen molar-refractivity contribution in [3.63, 3.8) is 0 Å². The maximum atomic E-state index is 13.3. The van der Waals surface area contributed by atoms with Crippen LogP contribution < -0.4 is 0 Å². The highest BCUT2D eigenvalue weighted by atomic mass is 32.2. The Labute approximate surface area is 170 Å². The summed E-state index contributed by atoms with van der Waals surface area (Å²) >= 11 is 0. The smallest absolute Gasteiger partial charge is 0.268 e. The number of hydrogen-bond acceptors (Lipinski definition) is 5. The number of ether oxygens (including phenoxy) is 2. The lowest BCUT2D eigenvalue weighted by molar-refractivity contribution is -0.339. The Balaban J connectivity index is 1.94. The van der Waals surface area contributed by atoms with Gasteiger partial charge in [0.2, 0.25) is 5.79 Å². The molecular formula is C22H25NO5S. The van der Waals surface area contributed by atoms with Gasteiger partial charge in [0.05, 0.1) is 23.6 Å². The number of para-hydroxylation sites is 1. The van der Waals surface area contributed by atoms with E-state index in [9.17, 15) is 13.5 Å². The highest BCUT2D eigenvalue weighted by Gasteiger charge is 2.48. The van der Waals surface area contributed by atoms with Crippen molar-refractivity contribution >= 4 is 20.9 Å². The third-order valence-corrected chi connectivity index (χ3v) is 6.95. The normalized spacial score (nSPS) is 19.9. The fourth-order valence-corrected chi connectivity index (χ4v) is 5.03. The molecule has 7 heteroatoms. The van der Waals surface area contributed by atoms with E-state index in [-0.39, 0.29) is 10.3 Å². The topological polar surface area (TPSA) is 77.8 Å². The second-order valence-corrected chi connectivity index (χ2v) is 10.1. The zero-order valence-electron chi connectivity index (χ0n) is 16.7. The molecule has 0 unspecified atom stereocenters. The van der Waals surface area contributed by atoms with Crippen molar-refractivity contribution in [2.24, 2.45) is 5.41 Å². The Bertz CT molecular complexity index is 1120. The molecule has 6 nitrogen and oxygen atoms in total. The minimum atomic E-state index is -3.83. The van der Waals surface area contributed by atoms with Gasteiger partial charge >= 0.3 is 0 Å². The van der Waals surface area contributed by atoms with Crippen molar-refractivity contribution in [3.8, 4) is 0 Å². The maximum absolute atomic E-state index is 13.3. The summed E-state index contributed by atoms with van der Waals surface area (Å²) in [4.78, 5) is 0.185. The number of hydrogen-bond donors (Lipinski definition) is 1. The second kappa shape index (κ2) is 6.95. The van der Waals surface area contributed by atoms with E-state index in [4.69, 9.17) is 9.47 Å². The van der Waals surface area contributed by atoms with Gasteiger partial charge in [0.15, 0.2) is 0 Å². The quantitative estimate of drug-likeness (QED) is 0.706. The molecular weight excluding hydrogens is 390 g/mol. The molecule has 1 fully saturated rings. The van der Waals surface area contributed by atoms with Crippen molar-refractivity contribution in [2.45, 2.75) is 37.6 Å². The Morgan fingerprint density at radius 1 is 1.00 bits per heavy atom. The largest absolute Gasteiger partial charge is 0.387 e. The first kappa shape index (κ1) is 20.1. The summed E-state index contributed by atoms with van der Waals surface area (Å²) in [6.07, 6.45) is 0.509. The van der Waals surface area contributed by atoms with E-state index in [2.05, 4.69) is 0 Å². The van der Waals surface area contributed by atoms with Crippen molar-refractivity contribution in [1.82, 2.24) is 3.97 Å². The number of aromatic nitrogens is 1. The third kappa shape index (κ3) is 3.28. The van der Waals surface area contributed by atoms with Crippen LogP contribution in [0, 0.1) is 5.41 Å². The van der Waals surface area contributed by atoms with Crippen LogP contribution in [-0.2, 0) is 25.3 Å². The van der Waals surface area contributed by atoms with Crippen molar-refractivity contribution < 1.29 is 23.0 Å². The number of aliphatic hydroxyl groups is 1. The predicted octanol–water partition coefficient (Wildman–Crippen LogP) is 3.48. The summed E-state index contributed by atoms with van der Waals surface area (Å²) < 4.78 is 40.1. The van der Waals surface area contributed by atoms with Crippen LogP contribution in [0.2, 0.25) is 0 Å². The van der Waals surface area contributed by atoms with Crippen molar-refractivity contribution in [3.05, 3.63) is 66.4 Å². The third-order valence-electron chi connectivity index (χ3n) is 5.26. The van der Waals surface area contributed by atoms with Crippen LogP contribution in [0.3, 0.4) is 0 Å². The highest BCUT2D eigenvalue weighted by molar-refractivity contribution is 7.90. The first-order chi connectivity index (χ1) is 13.7. The molecule has 1 saturated heterocycles. The zero-order chi connectivity index (χ0) is 20.9. The average molecular weight is 416 g/mol. The molecule has 1 aliphatic rings. The standard InChI is InChI=1S/C22H25NO5S/c1-16(24)22(27-14-21(2,3)15-28-22)19-13-23(20-12-8-7-11-18(19)20)29(25,26)17-9-5-4-6-10-17/h4-13,16,24H,14-15H2,1-3H3/t16-/m0/s1. The van der Waals surface area contributed by atoms with Gasteiger partial charge in [0, 0.05) is 22.6 Å². The molecule has 0 bridgehead atoms. The Kier molecular flexibility index (Phi) is 4.82. The van der Waals surface area contributed by atoms with E-state index in [0.29, 0.717) is 29.7 Å². The molecule has 0 spiro atoms. The van der Waals surface area contributed by atoms with Gasteiger partial charge in [-0.15, -0.1) is 0 Å². The fourth-order valence-electron chi connectivity index (χ4n) is 3.64. The van der Waals surface area contributed by atoms with Gasteiger partial charge in [0.1, 0.15) is 6.10 Å². The lowest BCUT2D eigenvalue weighted by atomic mass is 9.91. The zero-order valence-corrected chi connectivity index (χ0v) is 17.5. The van der Waals surface area contributed by atoms with E-state index >= 15 is 0 Å². The molecule has 2 heterocycles. The number of benzene rings is 2. The van der Waals surface area contributed by atoms with Gasteiger partial charge in [-0.1, -0.05) is 50.2 Å². The molecule has 0 radical (unpaired) electrons. The summed E-state index contributed by atoms with van der Waals surface area (Å²) in [5.74, 6) is -1.44. The molecule has 1 atom stereocenters. The van der Waals surface area contributed by atoms with Gasteiger partial charge < -0.3 is 14.6 Å². The number of fused-ring (bicyclic) bond motifs is 1. The summed E-state index contributed by atoms with van der Waals surface area (Å²) in [6.45, 7) is 6.38. The molecule has 1 aromatic heterocycles. The van der Waals surface area contributed by atoms with Crippen LogP contribution in [0.15, 0.2) is 65.7 Å². The van der Waals surface area contributed by atoms with Crippen molar-refractivity contribution in [2.75, 3.05) is 13.2 Å². The van der Waals surface area contributed by atoms with Crippen LogP contribution >= 0.6 is 0 Å². The van der Waals surface area contributed by atoms with E-state index in [1.165, 1.54) is 10.2 Å². The van der Waals surface area contributed by atoms with E-state index < -0.39 is 21.9 Å². The van der Waals surface area contributed by atoms with Crippen LogP contribution in [0.5, 0.6) is 0 Å². The van der Waals surface area contributed by atoms with Crippen LogP contribution in [0.4, 0.5) is 0 Å². The van der Waals surface area contributed by atoms with Gasteiger partial charge in [-0.25, -0.2) is 12.4 Å². The molecule has 154 valence electrons. The molecule has 3 aromatic rings. The Morgan fingerprint density at radius 3 is 2.21 bits per heavy atom. The summed E-state index contributed by atoms with van der Waals surface area (Å²) in [6, 6.07) is 15.4. The van der Waals surface area contributed by atoms with Gasteiger partial charge in [-0.05, 0) is 25.1 Å². The molecule has 29 heavy (non-hydrogen) atoms. The Hall–Kier alpha value is -2.19. The minimum absolute atomic E-state index is 0.185. The number of aliphatic hydroxyl groups excluding tert-OH is 1. The lowest BCUT2D eigenvalue weighted by Crippen LogP contribution is -2.51. The minimum Gasteiger partial charge on any atom is -0.387 e. The maximum Gasteiger partial charge on any atom is 0.268 e. The van der Waals surface area contributed by atoms with Crippen LogP contribution in [0.25, 0.3) is 10.9 Å². The molecule has 1 N–H and O–H groups in total. The fraction of sp³-hybridized carbons (Fsp3) is 0.364. The summed E-state index contributed by atoms with van der Waals surface area (Å²) in [5, 5.41) is 11.3. The first-order valence-corrected chi connectivity index (χ1v) is 11.0. The molecule has 4 rings (SSSR count). The molecule has 0 aliphatic carbocycles. The lowest BCUT2D eigenvalue weighted by Gasteiger charge is -2.44. The van der Waals surface area contributed by atoms with Crippen LogP contribution in [0.1, 0.15) is 26.3 Å². The SMILES string of the molecule is C[C@H](O)C1(c2cn(S(=O)(=O)c3ccccc3)c3ccccc23)OCC(C)(C)CO1. The van der Waals surface area contributed by atoms with E-state index in [0.717, 1.165) is 0 Å². The van der Waals surface area contributed by atoms with E-state index in [1.54, 1.807) is 49.4 Å². The van der Waals surface area contributed by atoms with Gasteiger partial charge in [-0.2, -0.15) is 0 Å². The first-order valence-electron chi connectivity index (χ1n) is 9.55. The van der Waals surface area contributed by atoms with Crippen molar-refractivity contribution in [1.29, 1.82) is 0 Å².